The Labute approximate surface area is 137 Å². The summed E-state index contributed by atoms with van der Waals surface area (Å²) in [5, 5.41) is 16.1. The molecule has 0 spiro atoms. The zero-order valence-electron chi connectivity index (χ0n) is 12.8. The van der Waals surface area contributed by atoms with E-state index in [0.29, 0.717) is 22.8 Å². The molecule has 1 N–H and O–H groups in total. The SMILES string of the molecule is COc1ncccc1-c1noc(-c2c(O)ccc3ccccc23)n1. The van der Waals surface area contributed by atoms with Gasteiger partial charge in [0.15, 0.2) is 0 Å². The van der Waals surface area contributed by atoms with Gasteiger partial charge < -0.3 is 14.4 Å². The van der Waals surface area contributed by atoms with Crippen LogP contribution in [0.2, 0.25) is 0 Å². The number of ether oxygens (including phenoxy) is 1. The Morgan fingerprint density at radius 3 is 2.79 bits per heavy atom. The number of pyridine rings is 1. The van der Waals surface area contributed by atoms with Gasteiger partial charge in [-0.05, 0) is 29.0 Å². The van der Waals surface area contributed by atoms with E-state index in [9.17, 15) is 5.11 Å². The van der Waals surface area contributed by atoms with Crippen molar-refractivity contribution in [1.82, 2.24) is 15.1 Å². The molecular weight excluding hydrogens is 306 g/mol. The molecule has 4 rings (SSSR count). The predicted molar refractivity (Wildman–Crippen MR) is 88.7 cm³/mol. The summed E-state index contributed by atoms with van der Waals surface area (Å²) in [5.74, 6) is 1.08. The van der Waals surface area contributed by atoms with Crippen LogP contribution in [0.5, 0.6) is 11.6 Å². The molecule has 0 atom stereocenters. The van der Waals surface area contributed by atoms with Gasteiger partial charge in [-0.1, -0.05) is 35.5 Å². The Kier molecular flexibility index (Phi) is 3.35. The fourth-order valence-corrected chi connectivity index (χ4v) is 2.64. The van der Waals surface area contributed by atoms with E-state index in [1.807, 2.05) is 30.3 Å². The van der Waals surface area contributed by atoms with Gasteiger partial charge in [-0.15, -0.1) is 0 Å². The standard InChI is InChI=1S/C18H13N3O3/c1-23-17-13(7-4-10-19-17)16-20-18(24-21-16)15-12-6-3-2-5-11(12)8-9-14(15)22/h2-10,22H,1H3. The van der Waals surface area contributed by atoms with Gasteiger partial charge in [-0.2, -0.15) is 4.98 Å². The predicted octanol–water partition coefficient (Wildman–Crippen LogP) is 3.67. The van der Waals surface area contributed by atoms with E-state index in [0.717, 1.165) is 10.8 Å². The van der Waals surface area contributed by atoms with Crippen molar-refractivity contribution >= 4 is 10.8 Å². The Morgan fingerprint density at radius 1 is 1.04 bits per heavy atom. The van der Waals surface area contributed by atoms with E-state index in [2.05, 4.69) is 15.1 Å². The molecule has 2 aromatic carbocycles. The molecule has 0 saturated heterocycles. The third kappa shape index (κ3) is 2.25. The van der Waals surface area contributed by atoms with Crippen molar-refractivity contribution in [2.24, 2.45) is 0 Å². The Hall–Kier alpha value is -3.41. The molecule has 0 aliphatic heterocycles. The van der Waals surface area contributed by atoms with E-state index in [-0.39, 0.29) is 11.6 Å². The summed E-state index contributed by atoms with van der Waals surface area (Å²) in [6.45, 7) is 0. The monoisotopic (exact) mass is 319 g/mol. The third-order valence-electron chi connectivity index (χ3n) is 3.75. The van der Waals surface area contributed by atoms with E-state index in [4.69, 9.17) is 9.26 Å². The van der Waals surface area contributed by atoms with Crippen molar-refractivity contribution in [2.75, 3.05) is 7.11 Å². The molecule has 4 aromatic rings. The Bertz CT molecular complexity index is 1030. The number of phenolic OH excluding ortho intramolecular Hbond substituents is 1. The van der Waals surface area contributed by atoms with Crippen molar-refractivity contribution < 1.29 is 14.4 Å². The first-order chi connectivity index (χ1) is 11.8. The highest BCUT2D eigenvalue weighted by Crippen LogP contribution is 2.36. The van der Waals surface area contributed by atoms with Crippen molar-refractivity contribution in [3.63, 3.8) is 0 Å². The molecular formula is C18H13N3O3. The molecule has 0 aliphatic rings. The van der Waals surface area contributed by atoms with Crippen LogP contribution in [0.3, 0.4) is 0 Å². The number of phenols is 1. The molecule has 6 heteroatoms. The minimum Gasteiger partial charge on any atom is -0.507 e. The van der Waals surface area contributed by atoms with Crippen LogP contribution in [0.4, 0.5) is 0 Å². The maximum absolute atomic E-state index is 10.3. The maximum atomic E-state index is 10.3. The normalized spacial score (nSPS) is 10.9. The first-order valence-electron chi connectivity index (χ1n) is 7.32. The fourth-order valence-electron chi connectivity index (χ4n) is 2.64. The molecule has 118 valence electrons. The van der Waals surface area contributed by atoms with Crippen LogP contribution in [-0.4, -0.2) is 27.3 Å². The number of methoxy groups -OCH3 is 1. The number of nitrogens with zero attached hydrogens (tertiary/aromatic N) is 3. The summed E-state index contributed by atoms with van der Waals surface area (Å²) >= 11 is 0. The number of aromatic hydroxyl groups is 1. The zero-order chi connectivity index (χ0) is 16.5. The molecule has 2 heterocycles. The van der Waals surface area contributed by atoms with E-state index in [1.54, 1.807) is 24.4 Å². The molecule has 0 amide bonds. The average molecular weight is 319 g/mol. The molecule has 0 aliphatic carbocycles. The van der Waals surface area contributed by atoms with E-state index in [1.165, 1.54) is 7.11 Å². The number of fused-ring (bicyclic) bond motifs is 1. The number of rotatable bonds is 3. The van der Waals surface area contributed by atoms with Crippen molar-refractivity contribution in [3.05, 3.63) is 54.7 Å². The molecule has 0 bridgehead atoms. The summed E-state index contributed by atoms with van der Waals surface area (Å²) in [4.78, 5) is 8.54. The van der Waals surface area contributed by atoms with Crippen LogP contribution in [0.15, 0.2) is 59.3 Å². The largest absolute Gasteiger partial charge is 0.507 e. The molecule has 0 fully saturated rings. The molecule has 0 saturated carbocycles. The maximum Gasteiger partial charge on any atom is 0.262 e. The second kappa shape index (κ2) is 5.66. The van der Waals surface area contributed by atoms with Crippen molar-refractivity contribution in [3.8, 4) is 34.5 Å². The molecule has 6 nitrogen and oxygen atoms in total. The van der Waals surface area contributed by atoms with Gasteiger partial charge in [0.1, 0.15) is 5.75 Å². The van der Waals surface area contributed by atoms with E-state index >= 15 is 0 Å². The fraction of sp³-hybridized carbons (Fsp3) is 0.0556. The van der Waals surface area contributed by atoms with Crippen molar-refractivity contribution in [1.29, 1.82) is 0 Å². The number of hydrogen-bond donors (Lipinski definition) is 1. The van der Waals surface area contributed by atoms with Gasteiger partial charge in [-0.25, -0.2) is 4.98 Å². The summed E-state index contributed by atoms with van der Waals surface area (Å²) in [7, 11) is 1.53. The van der Waals surface area contributed by atoms with Gasteiger partial charge in [-0.3, -0.25) is 0 Å². The highest BCUT2D eigenvalue weighted by molar-refractivity contribution is 5.97. The minimum absolute atomic E-state index is 0.0852. The lowest BCUT2D eigenvalue weighted by Crippen LogP contribution is -1.92. The quantitative estimate of drug-likeness (QED) is 0.620. The lowest BCUT2D eigenvalue weighted by atomic mass is 10.0. The summed E-state index contributed by atoms with van der Waals surface area (Å²) in [6, 6.07) is 14.7. The molecule has 0 unspecified atom stereocenters. The summed E-state index contributed by atoms with van der Waals surface area (Å²) in [6.07, 6.45) is 1.62. The van der Waals surface area contributed by atoms with Gasteiger partial charge in [0.05, 0.1) is 18.2 Å². The lowest BCUT2D eigenvalue weighted by molar-refractivity contribution is 0.397. The van der Waals surface area contributed by atoms with E-state index < -0.39 is 0 Å². The minimum atomic E-state index is 0.0852. The number of benzene rings is 2. The van der Waals surface area contributed by atoms with Crippen LogP contribution in [0.1, 0.15) is 0 Å². The van der Waals surface area contributed by atoms with Crippen LogP contribution >= 0.6 is 0 Å². The van der Waals surface area contributed by atoms with Gasteiger partial charge in [0.25, 0.3) is 5.89 Å². The number of aromatic nitrogens is 3. The third-order valence-corrected chi connectivity index (χ3v) is 3.75. The highest BCUT2D eigenvalue weighted by atomic mass is 16.5. The topological polar surface area (TPSA) is 81.3 Å². The second-order valence-corrected chi connectivity index (χ2v) is 5.16. The lowest BCUT2D eigenvalue weighted by Gasteiger charge is -2.05. The van der Waals surface area contributed by atoms with Gasteiger partial charge in [0.2, 0.25) is 11.7 Å². The summed E-state index contributed by atoms with van der Waals surface area (Å²) in [5.41, 5.74) is 1.13. The summed E-state index contributed by atoms with van der Waals surface area (Å²) < 4.78 is 10.6. The van der Waals surface area contributed by atoms with Crippen LogP contribution in [-0.2, 0) is 0 Å². The Balaban J connectivity index is 1.89. The highest BCUT2D eigenvalue weighted by Gasteiger charge is 2.19. The smallest absolute Gasteiger partial charge is 0.262 e. The Morgan fingerprint density at radius 2 is 1.92 bits per heavy atom. The number of hydrogen-bond acceptors (Lipinski definition) is 6. The van der Waals surface area contributed by atoms with Crippen LogP contribution in [0.25, 0.3) is 33.6 Å². The van der Waals surface area contributed by atoms with Crippen LogP contribution < -0.4 is 4.74 Å². The zero-order valence-corrected chi connectivity index (χ0v) is 12.8. The molecule has 0 radical (unpaired) electrons. The average Bonchev–Trinajstić information content (AvgIpc) is 3.11. The first-order valence-corrected chi connectivity index (χ1v) is 7.32. The van der Waals surface area contributed by atoms with Gasteiger partial charge in [0, 0.05) is 6.20 Å². The van der Waals surface area contributed by atoms with Gasteiger partial charge >= 0.3 is 0 Å². The molecule has 24 heavy (non-hydrogen) atoms. The molecule has 2 aromatic heterocycles. The first kappa shape index (κ1) is 14.2. The van der Waals surface area contributed by atoms with Crippen molar-refractivity contribution in [2.45, 2.75) is 0 Å². The van der Waals surface area contributed by atoms with Crippen LogP contribution in [0, 0.1) is 0 Å². The second-order valence-electron chi connectivity index (χ2n) is 5.16.